The lowest BCUT2D eigenvalue weighted by atomic mass is 9.73. The summed E-state index contributed by atoms with van der Waals surface area (Å²) in [5.74, 6) is -2.96. The van der Waals surface area contributed by atoms with Gasteiger partial charge in [0.15, 0.2) is 0 Å². The molecule has 130 valence electrons. The van der Waals surface area contributed by atoms with Gasteiger partial charge in [-0.3, -0.25) is 19.7 Å². The lowest BCUT2D eigenvalue weighted by Gasteiger charge is -2.26. The molecule has 0 aromatic heterocycles. The average molecular weight is 365 g/mol. The zero-order chi connectivity index (χ0) is 18.1. The van der Waals surface area contributed by atoms with Crippen LogP contribution in [0.3, 0.4) is 0 Å². The van der Waals surface area contributed by atoms with Crippen LogP contribution in [-0.2, 0) is 14.3 Å². The quantitative estimate of drug-likeness (QED) is 0.376. The van der Waals surface area contributed by atoms with Crippen molar-refractivity contribution in [2.75, 3.05) is 11.5 Å². The molecule has 3 aliphatic heterocycles. The molecule has 25 heavy (non-hydrogen) atoms. The molecule has 0 unspecified atom stereocenters. The molecule has 2 fully saturated rings. The molecule has 9 heteroatoms. The molecule has 4 rings (SSSR count). The Labute approximate surface area is 146 Å². The Morgan fingerprint density at radius 1 is 1.32 bits per heavy atom. The average Bonchev–Trinajstić information content (AvgIpc) is 3.14. The minimum absolute atomic E-state index is 0.124. The third kappa shape index (κ3) is 1.90. The highest BCUT2D eigenvalue weighted by Crippen LogP contribution is 2.58. The Morgan fingerprint density at radius 3 is 2.64 bits per heavy atom. The van der Waals surface area contributed by atoms with E-state index in [1.54, 1.807) is 19.1 Å². The van der Waals surface area contributed by atoms with Gasteiger partial charge < -0.3 is 9.84 Å². The van der Waals surface area contributed by atoms with Gasteiger partial charge in [-0.05, 0) is 19.1 Å². The highest BCUT2D eigenvalue weighted by Gasteiger charge is 2.72. The van der Waals surface area contributed by atoms with Crippen molar-refractivity contribution in [1.82, 2.24) is 0 Å². The Balaban J connectivity index is 1.85. The molecular weight excluding hydrogens is 352 g/mol. The van der Waals surface area contributed by atoms with E-state index in [9.17, 15) is 24.8 Å². The second-order valence-electron chi connectivity index (χ2n) is 6.59. The zero-order valence-electron chi connectivity index (χ0n) is 13.0. The number of amides is 2. The number of nitrogens with zero attached hydrogens (tertiary/aromatic N) is 2. The van der Waals surface area contributed by atoms with Gasteiger partial charge in [-0.25, -0.2) is 4.90 Å². The number of nitro groups is 1. The lowest BCUT2D eigenvalue weighted by Crippen LogP contribution is -2.43. The summed E-state index contributed by atoms with van der Waals surface area (Å²) >= 11 is 5.80. The Hall–Kier alpha value is -2.29. The zero-order valence-corrected chi connectivity index (χ0v) is 13.8. The van der Waals surface area contributed by atoms with Gasteiger partial charge in [0.2, 0.25) is 11.8 Å². The van der Waals surface area contributed by atoms with Crippen LogP contribution in [0.4, 0.5) is 11.4 Å². The summed E-state index contributed by atoms with van der Waals surface area (Å²) < 4.78 is 5.80. The number of benzene rings is 1. The Kier molecular flexibility index (Phi) is 3.16. The van der Waals surface area contributed by atoms with E-state index in [-0.39, 0.29) is 10.7 Å². The van der Waals surface area contributed by atoms with Gasteiger partial charge in [0, 0.05) is 11.1 Å². The van der Waals surface area contributed by atoms with Crippen LogP contribution in [0.5, 0.6) is 0 Å². The first kappa shape index (κ1) is 16.2. The molecule has 2 bridgehead atoms. The number of carbonyl (C=O) groups excluding carboxylic acids is 2. The maximum atomic E-state index is 13.0. The van der Waals surface area contributed by atoms with Crippen molar-refractivity contribution in [2.45, 2.75) is 18.1 Å². The number of aliphatic hydroxyl groups excluding tert-OH is 1. The third-order valence-corrected chi connectivity index (χ3v) is 5.41. The highest BCUT2D eigenvalue weighted by molar-refractivity contribution is 6.31. The highest BCUT2D eigenvalue weighted by atomic mass is 35.5. The normalized spacial score (nSPS) is 35.6. The van der Waals surface area contributed by atoms with Gasteiger partial charge >= 0.3 is 0 Å². The number of rotatable bonds is 3. The second kappa shape index (κ2) is 4.87. The van der Waals surface area contributed by atoms with Crippen LogP contribution < -0.4 is 4.90 Å². The van der Waals surface area contributed by atoms with E-state index in [2.05, 4.69) is 0 Å². The van der Waals surface area contributed by atoms with E-state index in [0.717, 1.165) is 11.0 Å². The van der Waals surface area contributed by atoms with Gasteiger partial charge in [-0.15, -0.1) is 0 Å². The fourth-order valence-electron chi connectivity index (χ4n) is 4.11. The summed E-state index contributed by atoms with van der Waals surface area (Å²) in [5.41, 5.74) is -2.87. The van der Waals surface area contributed by atoms with E-state index in [0.29, 0.717) is 0 Å². The summed E-state index contributed by atoms with van der Waals surface area (Å²) in [6, 6.07) is 3.76. The minimum atomic E-state index is -1.28. The van der Waals surface area contributed by atoms with Crippen LogP contribution in [-0.4, -0.2) is 39.7 Å². The summed E-state index contributed by atoms with van der Waals surface area (Å²) in [6.45, 7) is 1.20. The monoisotopic (exact) mass is 364 g/mol. The molecule has 8 nitrogen and oxygen atoms in total. The van der Waals surface area contributed by atoms with E-state index in [1.165, 1.54) is 12.1 Å². The Bertz CT molecular complexity index is 870. The third-order valence-electron chi connectivity index (χ3n) is 5.18. The smallest absolute Gasteiger partial charge is 0.294 e. The molecule has 1 aromatic rings. The van der Waals surface area contributed by atoms with Gasteiger partial charge in [-0.1, -0.05) is 23.8 Å². The minimum Gasteiger partial charge on any atom is -0.393 e. The van der Waals surface area contributed by atoms with Crippen molar-refractivity contribution >= 4 is 34.8 Å². The van der Waals surface area contributed by atoms with E-state index in [1.807, 2.05) is 0 Å². The number of hydrogen-bond donors (Lipinski definition) is 1. The Morgan fingerprint density at radius 2 is 2.00 bits per heavy atom. The summed E-state index contributed by atoms with van der Waals surface area (Å²) in [5, 5.41) is 21.2. The first-order valence-corrected chi connectivity index (χ1v) is 7.95. The van der Waals surface area contributed by atoms with E-state index in [4.69, 9.17) is 16.3 Å². The first-order chi connectivity index (χ1) is 11.7. The number of imide groups is 1. The topological polar surface area (TPSA) is 110 Å². The molecule has 3 heterocycles. The van der Waals surface area contributed by atoms with Crippen molar-refractivity contribution < 1.29 is 24.4 Å². The van der Waals surface area contributed by atoms with Crippen molar-refractivity contribution in [1.29, 1.82) is 0 Å². The lowest BCUT2D eigenvalue weighted by molar-refractivity contribution is -0.384. The number of anilines is 1. The summed E-state index contributed by atoms with van der Waals surface area (Å²) in [7, 11) is 0. The van der Waals surface area contributed by atoms with Crippen molar-refractivity contribution in [2.24, 2.45) is 11.8 Å². The molecule has 0 radical (unpaired) electrons. The standard InChI is InChI=1S/C16H13ClN2O6/c1-15-4-5-16(7-20,25-15)12-11(15)13(21)18(14(12)22)9-3-2-8(17)6-10(9)19(23)24/h2-6,11-12,20H,7H2,1H3/t11-,12-,15+,16+/m1/s1. The predicted octanol–water partition coefficient (Wildman–Crippen LogP) is 1.44. The van der Waals surface area contributed by atoms with Crippen LogP contribution in [0.1, 0.15) is 6.92 Å². The molecule has 1 N–H and O–H groups in total. The number of fused-ring (bicyclic) bond motifs is 5. The molecular formula is C16H13ClN2O6. The maximum absolute atomic E-state index is 13.0. The SMILES string of the molecule is C[C@@]12C=C[C@@](CO)(O1)[C@H]1C(=O)N(c3ccc(Cl)cc3[N+](=O)[O-])C(=O)[C@@H]12. The van der Waals surface area contributed by atoms with Crippen LogP contribution in [0.15, 0.2) is 30.4 Å². The molecule has 4 atom stereocenters. The van der Waals surface area contributed by atoms with E-state index >= 15 is 0 Å². The largest absolute Gasteiger partial charge is 0.393 e. The second-order valence-corrected chi connectivity index (χ2v) is 7.03. The summed E-state index contributed by atoms with van der Waals surface area (Å²) in [4.78, 5) is 37.4. The predicted molar refractivity (Wildman–Crippen MR) is 86.0 cm³/mol. The first-order valence-electron chi connectivity index (χ1n) is 7.57. The number of ether oxygens (including phenoxy) is 1. The number of aliphatic hydroxyl groups is 1. The summed E-state index contributed by atoms with van der Waals surface area (Å²) in [6.07, 6.45) is 3.26. The number of carbonyl (C=O) groups is 2. The number of hydrogen-bond acceptors (Lipinski definition) is 6. The van der Waals surface area contributed by atoms with E-state index < -0.39 is 52.1 Å². The van der Waals surface area contributed by atoms with Crippen LogP contribution >= 0.6 is 11.6 Å². The van der Waals surface area contributed by atoms with Gasteiger partial charge in [0.05, 0.1) is 29.0 Å². The van der Waals surface area contributed by atoms with Crippen molar-refractivity contribution in [3.05, 3.63) is 45.5 Å². The number of nitro benzene ring substituents is 1. The van der Waals surface area contributed by atoms with Gasteiger partial charge in [0.1, 0.15) is 11.3 Å². The fourth-order valence-corrected chi connectivity index (χ4v) is 4.28. The van der Waals surface area contributed by atoms with Crippen LogP contribution in [0, 0.1) is 22.0 Å². The molecule has 3 aliphatic rings. The molecule has 2 amide bonds. The molecule has 0 aliphatic carbocycles. The maximum Gasteiger partial charge on any atom is 0.294 e. The van der Waals surface area contributed by atoms with Crippen molar-refractivity contribution in [3.8, 4) is 0 Å². The molecule has 2 saturated heterocycles. The molecule has 0 saturated carbocycles. The van der Waals surface area contributed by atoms with Crippen LogP contribution in [0.25, 0.3) is 0 Å². The van der Waals surface area contributed by atoms with Gasteiger partial charge in [-0.2, -0.15) is 0 Å². The number of halogens is 1. The van der Waals surface area contributed by atoms with Crippen molar-refractivity contribution in [3.63, 3.8) is 0 Å². The fraction of sp³-hybridized carbons (Fsp3) is 0.375. The molecule has 1 aromatic carbocycles. The van der Waals surface area contributed by atoms with Gasteiger partial charge in [0.25, 0.3) is 5.69 Å². The molecule has 0 spiro atoms. The van der Waals surface area contributed by atoms with Crippen LogP contribution in [0.2, 0.25) is 5.02 Å².